The van der Waals surface area contributed by atoms with Gasteiger partial charge in [-0.3, -0.25) is 9.52 Å². The van der Waals surface area contributed by atoms with Gasteiger partial charge in [-0.15, -0.1) is 11.3 Å². The molecule has 2 atom stereocenters. The molecular formula is C18H17N3O3S2. The van der Waals surface area contributed by atoms with E-state index in [0.717, 1.165) is 29.9 Å². The van der Waals surface area contributed by atoms with Crippen LogP contribution in [0.4, 0.5) is 5.69 Å². The SMILES string of the molecule is O=C(N/N=C1/C[C@@H]2C=CC[C@@H]12)c1ccccc1NS(=O)(=O)c1cccs1. The number of carbonyl (C=O) groups is 1. The molecule has 0 radical (unpaired) electrons. The highest BCUT2D eigenvalue weighted by Crippen LogP contribution is 2.40. The number of anilines is 1. The number of benzene rings is 1. The van der Waals surface area contributed by atoms with Crippen LogP contribution in [0, 0.1) is 11.8 Å². The number of hydrazone groups is 1. The maximum atomic E-state index is 12.5. The molecular weight excluding hydrogens is 370 g/mol. The third kappa shape index (κ3) is 3.17. The molecule has 2 N–H and O–H groups in total. The topological polar surface area (TPSA) is 87.6 Å². The number of amides is 1. The summed E-state index contributed by atoms with van der Waals surface area (Å²) in [5.74, 6) is 0.523. The van der Waals surface area contributed by atoms with Gasteiger partial charge in [0, 0.05) is 11.6 Å². The van der Waals surface area contributed by atoms with Gasteiger partial charge in [-0.05, 0) is 42.3 Å². The number of fused-ring (bicyclic) bond motifs is 1. The first-order valence-electron chi connectivity index (χ1n) is 8.23. The van der Waals surface area contributed by atoms with Gasteiger partial charge in [0.2, 0.25) is 0 Å². The number of nitrogens with one attached hydrogen (secondary N) is 2. The van der Waals surface area contributed by atoms with E-state index in [1.807, 2.05) is 0 Å². The lowest BCUT2D eigenvalue weighted by Gasteiger charge is -2.31. The van der Waals surface area contributed by atoms with E-state index < -0.39 is 15.9 Å². The molecule has 2 aromatic rings. The maximum absolute atomic E-state index is 12.5. The fourth-order valence-electron chi connectivity index (χ4n) is 3.23. The number of carbonyl (C=O) groups excluding carboxylic acids is 1. The molecule has 1 aromatic carbocycles. The summed E-state index contributed by atoms with van der Waals surface area (Å²) < 4.78 is 27.5. The fourth-order valence-corrected chi connectivity index (χ4v) is 5.30. The van der Waals surface area contributed by atoms with Crippen LogP contribution in [0.15, 0.2) is 63.2 Å². The summed E-state index contributed by atoms with van der Waals surface area (Å²) in [6.45, 7) is 0. The van der Waals surface area contributed by atoms with Gasteiger partial charge in [-0.25, -0.2) is 13.8 Å². The van der Waals surface area contributed by atoms with Gasteiger partial charge >= 0.3 is 0 Å². The zero-order chi connectivity index (χ0) is 18.1. The van der Waals surface area contributed by atoms with Gasteiger partial charge in [0.05, 0.1) is 11.3 Å². The largest absolute Gasteiger partial charge is 0.278 e. The number of allylic oxidation sites excluding steroid dienone is 2. The number of para-hydroxylation sites is 1. The van der Waals surface area contributed by atoms with Crippen molar-refractivity contribution in [3.05, 3.63) is 59.5 Å². The minimum atomic E-state index is -3.72. The fraction of sp³-hybridized carbons (Fsp3) is 0.222. The monoisotopic (exact) mass is 387 g/mol. The summed E-state index contributed by atoms with van der Waals surface area (Å²) in [4.78, 5) is 12.5. The predicted octanol–water partition coefficient (Wildman–Crippen LogP) is 3.23. The molecule has 134 valence electrons. The second kappa shape index (κ2) is 6.69. The number of sulfonamides is 1. The normalized spacial score (nSPS) is 22.7. The molecule has 4 rings (SSSR count). The molecule has 1 aromatic heterocycles. The Labute approximate surface area is 155 Å². The lowest BCUT2D eigenvalue weighted by Crippen LogP contribution is -2.35. The summed E-state index contributed by atoms with van der Waals surface area (Å²) in [5, 5.41) is 5.93. The van der Waals surface area contributed by atoms with Crippen LogP contribution < -0.4 is 10.1 Å². The molecule has 1 heterocycles. The van der Waals surface area contributed by atoms with Gasteiger partial charge in [0.25, 0.3) is 15.9 Å². The molecule has 0 unspecified atom stereocenters. The highest BCUT2D eigenvalue weighted by Gasteiger charge is 2.38. The lowest BCUT2D eigenvalue weighted by atomic mass is 9.74. The van der Waals surface area contributed by atoms with E-state index in [4.69, 9.17) is 0 Å². The Balaban J connectivity index is 1.50. The Morgan fingerprint density at radius 2 is 2.04 bits per heavy atom. The summed E-state index contributed by atoms with van der Waals surface area (Å²) in [6, 6.07) is 9.68. The molecule has 0 aliphatic heterocycles. The third-order valence-electron chi connectivity index (χ3n) is 4.64. The molecule has 0 bridgehead atoms. The van der Waals surface area contributed by atoms with Crippen molar-refractivity contribution >= 4 is 38.7 Å². The third-order valence-corrected chi connectivity index (χ3v) is 7.40. The van der Waals surface area contributed by atoms with Crippen LogP contribution in [-0.2, 0) is 10.0 Å². The molecule has 2 aliphatic rings. The molecule has 2 aliphatic carbocycles. The van der Waals surface area contributed by atoms with Gasteiger partial charge < -0.3 is 0 Å². The minimum Gasteiger partial charge on any atom is -0.278 e. The van der Waals surface area contributed by atoms with E-state index in [1.54, 1.807) is 35.7 Å². The zero-order valence-electron chi connectivity index (χ0n) is 13.8. The van der Waals surface area contributed by atoms with Crippen molar-refractivity contribution in [2.75, 3.05) is 4.72 Å². The molecule has 8 heteroatoms. The van der Waals surface area contributed by atoms with Gasteiger partial charge in [0.15, 0.2) is 0 Å². The van der Waals surface area contributed by atoms with Crippen molar-refractivity contribution in [2.24, 2.45) is 16.9 Å². The number of thiophene rings is 1. The van der Waals surface area contributed by atoms with E-state index in [0.29, 0.717) is 11.8 Å². The summed E-state index contributed by atoms with van der Waals surface area (Å²) in [7, 11) is -3.72. The Morgan fingerprint density at radius 3 is 2.81 bits per heavy atom. The van der Waals surface area contributed by atoms with Crippen molar-refractivity contribution in [1.82, 2.24) is 5.43 Å². The molecule has 6 nitrogen and oxygen atoms in total. The number of nitrogens with zero attached hydrogens (tertiary/aromatic N) is 1. The van der Waals surface area contributed by atoms with Crippen LogP contribution in [0.5, 0.6) is 0 Å². The van der Waals surface area contributed by atoms with Crippen molar-refractivity contribution in [2.45, 2.75) is 17.1 Å². The average Bonchev–Trinajstić information content (AvgIpc) is 3.26. The minimum absolute atomic E-state index is 0.196. The molecule has 26 heavy (non-hydrogen) atoms. The Morgan fingerprint density at radius 1 is 1.19 bits per heavy atom. The van der Waals surface area contributed by atoms with Crippen LogP contribution in [0.25, 0.3) is 0 Å². The summed E-state index contributed by atoms with van der Waals surface area (Å²) in [6.07, 6.45) is 6.18. The highest BCUT2D eigenvalue weighted by atomic mass is 32.2. The van der Waals surface area contributed by atoms with E-state index >= 15 is 0 Å². The van der Waals surface area contributed by atoms with E-state index in [9.17, 15) is 13.2 Å². The summed E-state index contributed by atoms with van der Waals surface area (Å²) in [5.41, 5.74) is 4.02. The molecule has 0 spiro atoms. The maximum Gasteiger partial charge on any atom is 0.273 e. The molecule has 0 saturated heterocycles. The van der Waals surface area contributed by atoms with Crippen LogP contribution in [0.2, 0.25) is 0 Å². The van der Waals surface area contributed by atoms with Crippen molar-refractivity contribution in [3.8, 4) is 0 Å². The Bertz CT molecular complexity index is 994. The number of hydrogen-bond acceptors (Lipinski definition) is 5. The van der Waals surface area contributed by atoms with E-state index in [1.165, 1.54) is 6.07 Å². The second-order valence-corrected chi connectivity index (χ2v) is 9.12. The zero-order valence-corrected chi connectivity index (χ0v) is 15.4. The predicted molar refractivity (Wildman–Crippen MR) is 102 cm³/mol. The van der Waals surface area contributed by atoms with Crippen LogP contribution in [0.1, 0.15) is 23.2 Å². The lowest BCUT2D eigenvalue weighted by molar-refractivity contribution is 0.0955. The first kappa shape index (κ1) is 17.0. The van der Waals surface area contributed by atoms with Gasteiger partial charge in [-0.2, -0.15) is 5.10 Å². The molecule has 1 fully saturated rings. The van der Waals surface area contributed by atoms with Crippen molar-refractivity contribution < 1.29 is 13.2 Å². The Kier molecular flexibility index (Phi) is 4.37. The highest BCUT2D eigenvalue weighted by molar-refractivity contribution is 7.94. The standard InChI is InChI=1S/C18H17N3O3S2/c22-18(20-19-16-11-12-5-3-7-13(12)16)14-6-1-2-8-15(14)21-26(23,24)17-9-4-10-25-17/h1-6,8-10,12-13,21H,7,11H2,(H,20,22)/b19-16-/t12-,13+/m0/s1. The second-order valence-electron chi connectivity index (χ2n) is 6.27. The van der Waals surface area contributed by atoms with Crippen LogP contribution >= 0.6 is 11.3 Å². The van der Waals surface area contributed by atoms with Crippen molar-refractivity contribution in [3.63, 3.8) is 0 Å². The first-order valence-corrected chi connectivity index (χ1v) is 10.6. The van der Waals surface area contributed by atoms with Gasteiger partial charge in [0.1, 0.15) is 4.21 Å². The number of rotatable bonds is 5. The molecule has 1 amide bonds. The first-order chi connectivity index (χ1) is 12.5. The van der Waals surface area contributed by atoms with Crippen LogP contribution in [-0.4, -0.2) is 20.0 Å². The Hall–Kier alpha value is -2.45. The average molecular weight is 387 g/mol. The molecule has 1 saturated carbocycles. The van der Waals surface area contributed by atoms with Gasteiger partial charge in [-0.1, -0.05) is 30.4 Å². The number of hydrogen-bond donors (Lipinski definition) is 2. The summed E-state index contributed by atoms with van der Waals surface area (Å²) >= 11 is 1.12. The van der Waals surface area contributed by atoms with Crippen molar-refractivity contribution in [1.29, 1.82) is 0 Å². The van der Waals surface area contributed by atoms with E-state index in [2.05, 4.69) is 27.4 Å². The smallest absolute Gasteiger partial charge is 0.273 e. The van der Waals surface area contributed by atoms with E-state index in [-0.39, 0.29) is 15.5 Å². The quantitative estimate of drug-likeness (QED) is 0.610. The van der Waals surface area contributed by atoms with Crippen LogP contribution in [0.3, 0.4) is 0 Å².